The van der Waals surface area contributed by atoms with E-state index < -0.39 is 0 Å². The van der Waals surface area contributed by atoms with Gasteiger partial charge in [0.1, 0.15) is 0 Å². The van der Waals surface area contributed by atoms with Gasteiger partial charge in [-0.05, 0) is 67.2 Å². The summed E-state index contributed by atoms with van der Waals surface area (Å²) in [7, 11) is 0. The zero-order chi connectivity index (χ0) is 17.4. The fourth-order valence-electron chi connectivity index (χ4n) is 5.19. The van der Waals surface area contributed by atoms with Gasteiger partial charge in [0.05, 0.1) is 0 Å². The van der Waals surface area contributed by atoms with Crippen LogP contribution in [0.15, 0.2) is 42.0 Å². The highest BCUT2D eigenvalue weighted by atomic mass is 14.4. The van der Waals surface area contributed by atoms with Crippen molar-refractivity contribution in [3.63, 3.8) is 0 Å². The average Bonchev–Trinajstić information content (AvgIpc) is 3.20. The van der Waals surface area contributed by atoms with Crippen LogP contribution in [0.1, 0.15) is 67.7 Å². The Morgan fingerprint density at radius 3 is 2.36 bits per heavy atom. The minimum Gasteiger partial charge on any atom is -0.0648 e. The number of hydrogen-bond acceptors (Lipinski definition) is 0. The van der Waals surface area contributed by atoms with E-state index in [1.807, 2.05) is 0 Å². The zero-order valence-electron chi connectivity index (χ0n) is 16.0. The monoisotopic (exact) mass is 330 g/mol. The molecule has 0 heteroatoms. The molecule has 0 heterocycles. The first-order valence-electron chi connectivity index (χ1n) is 9.99. The molecule has 2 aromatic rings. The molecular formula is C25H30. The summed E-state index contributed by atoms with van der Waals surface area (Å²) in [4.78, 5) is 0. The molecule has 0 radical (unpaired) electrons. The fraction of sp³-hybridized carbons (Fsp3) is 0.440. The van der Waals surface area contributed by atoms with E-state index >= 15 is 0 Å². The van der Waals surface area contributed by atoms with Gasteiger partial charge in [0.15, 0.2) is 0 Å². The Bertz CT molecular complexity index is 796. The van der Waals surface area contributed by atoms with E-state index in [0.717, 1.165) is 6.42 Å². The molecule has 0 aromatic heterocycles. The first-order chi connectivity index (χ1) is 12.1. The minimum absolute atomic E-state index is 0.591. The van der Waals surface area contributed by atoms with Crippen LogP contribution >= 0.6 is 0 Å². The standard InChI is InChI=1S/C25H30/c1-4-25(10-5-6-11-25)17-20-15-21-8-7-9-23(24(21)16-20)22-13-18(2)12-19(3)14-22/h7-9,12-14,16H,4-6,10-11,15,17H2,1-3H3. The van der Waals surface area contributed by atoms with Crippen LogP contribution in [0, 0.1) is 19.3 Å². The molecule has 2 aromatic carbocycles. The summed E-state index contributed by atoms with van der Waals surface area (Å²) in [5.74, 6) is 0. The molecular weight excluding hydrogens is 300 g/mol. The van der Waals surface area contributed by atoms with E-state index in [1.165, 1.54) is 71.9 Å². The van der Waals surface area contributed by atoms with Crippen molar-refractivity contribution in [2.24, 2.45) is 5.41 Å². The highest BCUT2D eigenvalue weighted by Gasteiger charge is 2.33. The summed E-state index contributed by atoms with van der Waals surface area (Å²) in [6.07, 6.45) is 12.1. The lowest BCUT2D eigenvalue weighted by molar-refractivity contribution is 0.281. The van der Waals surface area contributed by atoms with Gasteiger partial charge in [-0.3, -0.25) is 0 Å². The number of aryl methyl sites for hydroxylation is 2. The third kappa shape index (κ3) is 3.19. The van der Waals surface area contributed by atoms with Crippen molar-refractivity contribution in [2.75, 3.05) is 0 Å². The van der Waals surface area contributed by atoms with E-state index in [0.29, 0.717) is 5.41 Å². The molecule has 0 N–H and O–H groups in total. The van der Waals surface area contributed by atoms with E-state index in [-0.39, 0.29) is 0 Å². The van der Waals surface area contributed by atoms with Crippen LogP contribution in [0.5, 0.6) is 0 Å². The molecule has 0 saturated heterocycles. The Hall–Kier alpha value is -1.82. The van der Waals surface area contributed by atoms with Gasteiger partial charge in [-0.25, -0.2) is 0 Å². The second-order valence-electron chi connectivity index (χ2n) is 8.47. The Morgan fingerprint density at radius 2 is 1.68 bits per heavy atom. The maximum atomic E-state index is 2.53. The van der Waals surface area contributed by atoms with Crippen molar-refractivity contribution < 1.29 is 0 Å². The molecule has 2 aliphatic rings. The maximum Gasteiger partial charge on any atom is -0.00574 e. The second kappa shape index (κ2) is 6.48. The van der Waals surface area contributed by atoms with E-state index in [2.05, 4.69) is 63.2 Å². The normalized spacial score (nSPS) is 18.3. The molecule has 0 amide bonds. The first kappa shape index (κ1) is 16.6. The van der Waals surface area contributed by atoms with Crippen molar-refractivity contribution in [3.8, 4) is 11.1 Å². The molecule has 25 heavy (non-hydrogen) atoms. The Kier molecular flexibility index (Phi) is 4.31. The van der Waals surface area contributed by atoms with Gasteiger partial charge in [0.2, 0.25) is 0 Å². The maximum absolute atomic E-state index is 2.53. The molecule has 1 saturated carbocycles. The van der Waals surface area contributed by atoms with Crippen LogP contribution in [-0.4, -0.2) is 0 Å². The topological polar surface area (TPSA) is 0 Å². The van der Waals surface area contributed by atoms with E-state index in [9.17, 15) is 0 Å². The molecule has 4 rings (SSSR count). The zero-order valence-corrected chi connectivity index (χ0v) is 16.0. The lowest BCUT2D eigenvalue weighted by atomic mass is 9.77. The highest BCUT2D eigenvalue weighted by Crippen LogP contribution is 2.48. The van der Waals surface area contributed by atoms with E-state index in [1.54, 1.807) is 5.57 Å². The van der Waals surface area contributed by atoms with Crippen LogP contribution in [0.25, 0.3) is 17.2 Å². The highest BCUT2D eigenvalue weighted by molar-refractivity contribution is 5.81. The fourth-order valence-corrected chi connectivity index (χ4v) is 5.19. The van der Waals surface area contributed by atoms with Crippen LogP contribution in [-0.2, 0) is 6.42 Å². The first-order valence-corrected chi connectivity index (χ1v) is 9.99. The summed E-state index contributed by atoms with van der Waals surface area (Å²) in [5, 5.41) is 0. The summed E-state index contributed by atoms with van der Waals surface area (Å²) in [5.41, 5.74) is 10.7. The van der Waals surface area contributed by atoms with Crippen molar-refractivity contribution in [1.29, 1.82) is 0 Å². The number of fused-ring (bicyclic) bond motifs is 1. The third-order valence-electron chi connectivity index (χ3n) is 6.51. The predicted octanol–water partition coefficient (Wildman–Crippen LogP) is 7.27. The van der Waals surface area contributed by atoms with Crippen molar-refractivity contribution in [2.45, 2.75) is 65.7 Å². The van der Waals surface area contributed by atoms with Gasteiger partial charge in [-0.2, -0.15) is 0 Å². The molecule has 0 atom stereocenters. The summed E-state index contributed by atoms with van der Waals surface area (Å²) >= 11 is 0. The molecule has 2 aliphatic carbocycles. The summed E-state index contributed by atoms with van der Waals surface area (Å²) < 4.78 is 0. The molecule has 0 aliphatic heterocycles. The Morgan fingerprint density at radius 1 is 0.960 bits per heavy atom. The third-order valence-corrected chi connectivity index (χ3v) is 6.51. The van der Waals surface area contributed by atoms with Crippen LogP contribution in [0.4, 0.5) is 0 Å². The largest absolute Gasteiger partial charge is 0.0648 e. The molecule has 130 valence electrons. The van der Waals surface area contributed by atoms with Crippen LogP contribution in [0.3, 0.4) is 0 Å². The summed E-state index contributed by atoms with van der Waals surface area (Å²) in [6, 6.07) is 13.8. The van der Waals surface area contributed by atoms with Crippen molar-refractivity contribution in [1.82, 2.24) is 0 Å². The Balaban J connectivity index is 1.69. The smallest absolute Gasteiger partial charge is 0.00574 e. The van der Waals surface area contributed by atoms with Gasteiger partial charge in [0.25, 0.3) is 0 Å². The second-order valence-corrected chi connectivity index (χ2v) is 8.47. The lowest BCUT2D eigenvalue weighted by Gasteiger charge is -2.28. The van der Waals surface area contributed by atoms with Gasteiger partial charge in [-0.1, -0.05) is 85.4 Å². The van der Waals surface area contributed by atoms with Crippen molar-refractivity contribution >= 4 is 6.08 Å². The molecule has 0 unspecified atom stereocenters. The number of rotatable bonds is 4. The molecule has 0 nitrogen and oxygen atoms in total. The van der Waals surface area contributed by atoms with Gasteiger partial charge in [0, 0.05) is 0 Å². The minimum atomic E-state index is 0.591. The number of hydrogen-bond donors (Lipinski definition) is 0. The number of allylic oxidation sites excluding steroid dienone is 1. The van der Waals surface area contributed by atoms with Crippen LogP contribution in [0.2, 0.25) is 0 Å². The average molecular weight is 331 g/mol. The van der Waals surface area contributed by atoms with Crippen LogP contribution < -0.4 is 0 Å². The number of benzene rings is 2. The molecule has 1 fully saturated rings. The van der Waals surface area contributed by atoms with E-state index in [4.69, 9.17) is 0 Å². The summed E-state index contributed by atoms with van der Waals surface area (Å²) in [6.45, 7) is 6.80. The Labute approximate surface area is 153 Å². The molecule has 0 spiro atoms. The SMILES string of the molecule is CCC1(CC2=Cc3c(cccc3-c3cc(C)cc(C)c3)C2)CCCC1. The van der Waals surface area contributed by atoms with Gasteiger partial charge < -0.3 is 0 Å². The van der Waals surface area contributed by atoms with Gasteiger partial charge >= 0.3 is 0 Å². The quantitative estimate of drug-likeness (QED) is 0.553. The lowest BCUT2D eigenvalue weighted by Crippen LogP contribution is -2.15. The predicted molar refractivity (Wildman–Crippen MR) is 109 cm³/mol. The van der Waals surface area contributed by atoms with Crippen molar-refractivity contribution in [3.05, 3.63) is 64.2 Å². The molecule has 0 bridgehead atoms. The van der Waals surface area contributed by atoms with Gasteiger partial charge in [-0.15, -0.1) is 0 Å².